The molecule has 2 rings (SSSR count). The molecule has 0 heterocycles. The lowest BCUT2D eigenvalue weighted by Crippen LogP contribution is -2.18. The van der Waals surface area contributed by atoms with Gasteiger partial charge in [-0.25, -0.2) is 5.43 Å². The molecule has 0 aliphatic carbocycles. The second kappa shape index (κ2) is 8.26. The average Bonchev–Trinajstić information content (AvgIpc) is 2.60. The van der Waals surface area contributed by atoms with Gasteiger partial charge in [0.25, 0.3) is 11.6 Å². The minimum absolute atomic E-state index is 0.00815. The van der Waals surface area contributed by atoms with Gasteiger partial charge in [-0.05, 0) is 24.6 Å². The zero-order valence-corrected chi connectivity index (χ0v) is 13.4. The first kappa shape index (κ1) is 17.7. The predicted octanol–water partition coefficient (Wildman–Crippen LogP) is 2.68. The molecule has 0 aromatic heterocycles. The Morgan fingerprint density at radius 3 is 2.84 bits per heavy atom. The first-order chi connectivity index (χ1) is 12.0. The second-order valence-corrected chi connectivity index (χ2v) is 4.99. The third kappa shape index (κ3) is 4.65. The lowest BCUT2D eigenvalue weighted by atomic mass is 10.1. The van der Waals surface area contributed by atoms with Crippen molar-refractivity contribution in [2.45, 2.75) is 6.92 Å². The Bertz CT molecular complexity index is 869. The highest BCUT2D eigenvalue weighted by atomic mass is 16.6. The van der Waals surface area contributed by atoms with Gasteiger partial charge in [-0.15, -0.1) is 6.42 Å². The Kier molecular flexibility index (Phi) is 5.85. The van der Waals surface area contributed by atoms with E-state index in [0.717, 1.165) is 5.56 Å². The van der Waals surface area contributed by atoms with E-state index in [4.69, 9.17) is 11.2 Å². The Labute approximate surface area is 144 Å². The fourth-order valence-electron chi connectivity index (χ4n) is 2.05. The molecule has 126 valence electrons. The monoisotopic (exact) mass is 337 g/mol. The number of benzene rings is 2. The van der Waals surface area contributed by atoms with Gasteiger partial charge in [-0.2, -0.15) is 5.10 Å². The summed E-state index contributed by atoms with van der Waals surface area (Å²) in [6, 6.07) is 11.1. The zero-order valence-electron chi connectivity index (χ0n) is 13.4. The fourth-order valence-corrected chi connectivity index (χ4v) is 2.05. The number of nitrogens with zero attached hydrogens (tertiary/aromatic N) is 2. The van der Waals surface area contributed by atoms with Crippen LogP contribution in [0.1, 0.15) is 21.5 Å². The van der Waals surface area contributed by atoms with E-state index in [2.05, 4.69) is 16.4 Å². The van der Waals surface area contributed by atoms with Gasteiger partial charge in [0.1, 0.15) is 12.4 Å². The average molecular weight is 337 g/mol. The van der Waals surface area contributed by atoms with Crippen LogP contribution in [-0.4, -0.2) is 23.7 Å². The van der Waals surface area contributed by atoms with Crippen LogP contribution in [0.25, 0.3) is 0 Å². The number of nitro groups is 1. The topological polar surface area (TPSA) is 93.8 Å². The van der Waals surface area contributed by atoms with Crippen LogP contribution in [0.15, 0.2) is 47.6 Å². The number of aryl methyl sites for hydroxylation is 1. The third-order valence-corrected chi connectivity index (χ3v) is 3.27. The molecule has 1 amide bonds. The van der Waals surface area contributed by atoms with E-state index in [-0.39, 0.29) is 18.2 Å². The first-order valence-electron chi connectivity index (χ1n) is 7.26. The molecule has 0 spiro atoms. The van der Waals surface area contributed by atoms with Crippen LogP contribution in [0.4, 0.5) is 5.69 Å². The number of non-ortho nitro benzene ring substituents is 1. The molecule has 7 nitrogen and oxygen atoms in total. The SMILES string of the molecule is C#CCOc1ccc([N+](=O)[O-])cc1/C=N/NC(=O)c1ccccc1C. The van der Waals surface area contributed by atoms with Gasteiger partial charge in [-0.1, -0.05) is 24.1 Å². The number of nitrogens with one attached hydrogen (secondary N) is 1. The Morgan fingerprint density at radius 1 is 1.40 bits per heavy atom. The zero-order chi connectivity index (χ0) is 18.2. The fraction of sp³-hybridized carbons (Fsp3) is 0.111. The smallest absolute Gasteiger partial charge is 0.271 e. The molecule has 0 atom stereocenters. The standard InChI is InChI=1S/C18H15N3O4/c1-3-10-25-17-9-8-15(21(23)24)11-14(17)12-19-20-18(22)16-7-5-4-6-13(16)2/h1,4-9,11-12H,10H2,2H3,(H,20,22)/b19-12+. The highest BCUT2D eigenvalue weighted by molar-refractivity contribution is 5.96. The van der Waals surface area contributed by atoms with Crippen LogP contribution >= 0.6 is 0 Å². The Hall–Kier alpha value is -3.66. The van der Waals surface area contributed by atoms with Crippen molar-refractivity contribution in [3.8, 4) is 18.1 Å². The predicted molar refractivity (Wildman–Crippen MR) is 93.7 cm³/mol. The van der Waals surface area contributed by atoms with Gasteiger partial charge in [-0.3, -0.25) is 14.9 Å². The molecule has 7 heteroatoms. The van der Waals surface area contributed by atoms with Crippen LogP contribution in [0, 0.1) is 29.4 Å². The molecule has 0 saturated carbocycles. The van der Waals surface area contributed by atoms with E-state index < -0.39 is 4.92 Å². The lowest BCUT2D eigenvalue weighted by Gasteiger charge is -2.06. The summed E-state index contributed by atoms with van der Waals surface area (Å²) in [6.45, 7) is 1.82. The second-order valence-electron chi connectivity index (χ2n) is 4.99. The third-order valence-electron chi connectivity index (χ3n) is 3.27. The molecule has 0 aliphatic heterocycles. The van der Waals surface area contributed by atoms with Crippen molar-refractivity contribution in [2.24, 2.45) is 5.10 Å². The molecular weight excluding hydrogens is 322 g/mol. The van der Waals surface area contributed by atoms with E-state index in [1.165, 1.54) is 24.4 Å². The first-order valence-corrected chi connectivity index (χ1v) is 7.26. The number of carbonyl (C=O) groups excluding carboxylic acids is 1. The number of carbonyl (C=O) groups is 1. The van der Waals surface area contributed by atoms with Crippen molar-refractivity contribution in [3.05, 3.63) is 69.3 Å². The molecule has 25 heavy (non-hydrogen) atoms. The maximum Gasteiger partial charge on any atom is 0.271 e. The Morgan fingerprint density at radius 2 is 2.16 bits per heavy atom. The quantitative estimate of drug-likeness (QED) is 0.379. The summed E-state index contributed by atoms with van der Waals surface area (Å²) in [5.41, 5.74) is 3.89. The van der Waals surface area contributed by atoms with Gasteiger partial charge in [0.2, 0.25) is 0 Å². The van der Waals surface area contributed by atoms with Crippen molar-refractivity contribution >= 4 is 17.8 Å². The van der Waals surface area contributed by atoms with Crippen molar-refractivity contribution in [3.63, 3.8) is 0 Å². The van der Waals surface area contributed by atoms with Crippen molar-refractivity contribution in [1.29, 1.82) is 0 Å². The summed E-state index contributed by atoms with van der Waals surface area (Å²) in [5.74, 6) is 2.26. The normalized spacial score (nSPS) is 10.2. The van der Waals surface area contributed by atoms with Crippen LogP contribution in [-0.2, 0) is 0 Å². The molecule has 0 aliphatic rings. The summed E-state index contributed by atoms with van der Waals surface area (Å²) in [6.07, 6.45) is 6.42. The molecule has 0 saturated heterocycles. The number of hydrogen-bond acceptors (Lipinski definition) is 5. The van der Waals surface area contributed by atoms with E-state index in [1.807, 2.05) is 19.1 Å². The van der Waals surface area contributed by atoms with E-state index >= 15 is 0 Å². The number of ether oxygens (including phenoxy) is 1. The highest BCUT2D eigenvalue weighted by Gasteiger charge is 2.11. The number of nitro benzene ring substituents is 1. The minimum Gasteiger partial charge on any atom is -0.480 e. The summed E-state index contributed by atoms with van der Waals surface area (Å²) in [7, 11) is 0. The number of terminal acetylenes is 1. The van der Waals surface area contributed by atoms with E-state index in [0.29, 0.717) is 16.9 Å². The maximum absolute atomic E-state index is 12.1. The molecular formula is C18H15N3O4. The van der Waals surface area contributed by atoms with Crippen molar-refractivity contribution in [1.82, 2.24) is 5.43 Å². The highest BCUT2D eigenvalue weighted by Crippen LogP contribution is 2.22. The van der Waals surface area contributed by atoms with Crippen LogP contribution in [0.2, 0.25) is 0 Å². The van der Waals surface area contributed by atoms with Gasteiger partial charge in [0.05, 0.1) is 11.1 Å². The summed E-state index contributed by atoms with van der Waals surface area (Å²) < 4.78 is 5.32. The van der Waals surface area contributed by atoms with Gasteiger partial charge in [0, 0.05) is 23.3 Å². The number of rotatable bonds is 6. The lowest BCUT2D eigenvalue weighted by molar-refractivity contribution is -0.384. The summed E-state index contributed by atoms with van der Waals surface area (Å²) >= 11 is 0. The molecule has 0 fully saturated rings. The van der Waals surface area contributed by atoms with Gasteiger partial charge >= 0.3 is 0 Å². The summed E-state index contributed by atoms with van der Waals surface area (Å²) in [5, 5.41) is 14.8. The molecule has 2 aromatic carbocycles. The number of hydrogen-bond donors (Lipinski definition) is 1. The van der Waals surface area contributed by atoms with Crippen LogP contribution in [0.3, 0.4) is 0 Å². The van der Waals surface area contributed by atoms with Crippen molar-refractivity contribution < 1.29 is 14.5 Å². The molecule has 2 aromatic rings. The molecule has 0 radical (unpaired) electrons. The van der Waals surface area contributed by atoms with Crippen LogP contribution < -0.4 is 10.2 Å². The van der Waals surface area contributed by atoms with E-state index in [9.17, 15) is 14.9 Å². The molecule has 0 bridgehead atoms. The number of amides is 1. The largest absolute Gasteiger partial charge is 0.480 e. The maximum atomic E-state index is 12.1. The van der Waals surface area contributed by atoms with Crippen LogP contribution in [0.5, 0.6) is 5.75 Å². The van der Waals surface area contributed by atoms with Gasteiger partial charge < -0.3 is 4.74 Å². The minimum atomic E-state index is -0.534. The molecule has 1 N–H and O–H groups in total. The Balaban J connectivity index is 2.19. The van der Waals surface area contributed by atoms with Crippen molar-refractivity contribution in [2.75, 3.05) is 6.61 Å². The van der Waals surface area contributed by atoms with E-state index in [1.54, 1.807) is 12.1 Å². The summed E-state index contributed by atoms with van der Waals surface area (Å²) in [4.78, 5) is 22.5. The molecule has 0 unspecified atom stereocenters. The number of hydrazone groups is 1. The van der Waals surface area contributed by atoms with Gasteiger partial charge in [0.15, 0.2) is 0 Å².